The number of methoxy groups -OCH3 is 1. The molecule has 4 aliphatic rings. The van der Waals surface area contributed by atoms with Crippen LogP contribution in [0.15, 0.2) is 58.1 Å². The highest BCUT2D eigenvalue weighted by atomic mass is 35.5. The first-order valence-corrected chi connectivity index (χ1v) is 23.6. The van der Waals surface area contributed by atoms with E-state index in [1.807, 2.05) is 11.8 Å². The second kappa shape index (κ2) is 18.1. The van der Waals surface area contributed by atoms with Crippen molar-refractivity contribution in [1.82, 2.24) is 14.0 Å². The fourth-order valence-corrected chi connectivity index (χ4v) is 10.8. The van der Waals surface area contributed by atoms with Crippen LogP contribution in [0.5, 0.6) is 23.0 Å². The van der Waals surface area contributed by atoms with Crippen LogP contribution in [-0.4, -0.2) is 88.9 Å². The number of anilines is 2. The molecule has 0 aliphatic carbocycles. The molecule has 19 heteroatoms. The second-order valence-corrected chi connectivity index (χ2v) is 20.1. The molecule has 0 bridgehead atoms. The van der Waals surface area contributed by atoms with Gasteiger partial charge in [-0.2, -0.15) is 0 Å². The number of hydrogen-bond donors (Lipinski definition) is 1. The van der Waals surface area contributed by atoms with Crippen LogP contribution in [0, 0.1) is 29.2 Å². The van der Waals surface area contributed by atoms with E-state index in [2.05, 4.69) is 11.8 Å². The summed E-state index contributed by atoms with van der Waals surface area (Å²) in [6, 6.07) is 10.4. The van der Waals surface area contributed by atoms with E-state index in [9.17, 15) is 28.3 Å². The number of aromatic nitrogens is 2. The van der Waals surface area contributed by atoms with Crippen LogP contribution < -0.4 is 35.1 Å². The zero-order valence-corrected chi connectivity index (χ0v) is 41.2. The molecule has 0 spiro atoms. The van der Waals surface area contributed by atoms with Gasteiger partial charge < -0.3 is 47.9 Å². The van der Waals surface area contributed by atoms with Crippen molar-refractivity contribution < 1.29 is 46.4 Å². The lowest BCUT2D eigenvalue weighted by atomic mass is 9.92. The third-order valence-corrected chi connectivity index (χ3v) is 14.1. The molecular formula is C51H51Cl2F4N5O8. The smallest absolute Gasteiger partial charge is 0.410 e. The number of phenolic OH excluding ortho intramolecular Hbond substituents is 1. The molecule has 13 nitrogen and oxygen atoms in total. The standard InChI is InChI=1S/C28H30ClF2N3O5.C23H21ClF2N2O3/c1-14-11-34-15(12-33(14)27(36)39-28(2,3)4)13-38-25-24(34)16-10-17(29)20(22(31)23(16)32(5)26(25)35)21-18(30)8-7-9-19(21)37-6;1-11-6-7-12-10-31-22-21(28(12)9-11)13-8-14(24)17(18-15(25)4-3-5-16(18)29)19(26)20(13)27(2)23(22)30/h7-10,14-15H,11-13H2,1-6H3;3-5,8,11-12,29H,6-7,9-10H2,1-2H3/t14-,15-;11-,12+/m10/s1. The Balaban J connectivity index is 0.000000178. The second-order valence-electron chi connectivity index (χ2n) is 19.3. The maximum atomic E-state index is 16.4. The van der Waals surface area contributed by atoms with E-state index in [0.717, 1.165) is 34.6 Å². The number of aryl methyl sites for hydroxylation is 2. The lowest BCUT2D eigenvalue weighted by Gasteiger charge is -2.48. The molecule has 2 saturated heterocycles. The maximum Gasteiger partial charge on any atom is 0.410 e. The molecule has 370 valence electrons. The van der Waals surface area contributed by atoms with Gasteiger partial charge >= 0.3 is 6.09 Å². The third kappa shape index (κ3) is 8.07. The first-order valence-electron chi connectivity index (χ1n) is 22.8. The van der Waals surface area contributed by atoms with Gasteiger partial charge in [0.2, 0.25) is 11.5 Å². The fourth-order valence-electron chi connectivity index (χ4n) is 10.2. The number of hydrogen-bond acceptors (Lipinski definition) is 10. The van der Waals surface area contributed by atoms with E-state index in [1.165, 1.54) is 63.7 Å². The van der Waals surface area contributed by atoms with Crippen molar-refractivity contribution in [3.63, 3.8) is 0 Å². The number of fused-ring (bicyclic) bond motifs is 10. The molecule has 2 fully saturated rings. The Morgan fingerprint density at radius 3 is 1.79 bits per heavy atom. The van der Waals surface area contributed by atoms with Gasteiger partial charge in [0.25, 0.3) is 11.1 Å². The quantitative estimate of drug-likeness (QED) is 0.171. The highest BCUT2D eigenvalue weighted by Crippen LogP contribution is 2.49. The minimum absolute atomic E-state index is 0.00622. The van der Waals surface area contributed by atoms with Crippen molar-refractivity contribution in [2.75, 3.05) is 49.8 Å². The average molecular weight is 1010 g/mol. The summed E-state index contributed by atoms with van der Waals surface area (Å²) in [4.78, 5) is 45.1. The van der Waals surface area contributed by atoms with E-state index in [1.54, 1.807) is 25.7 Å². The number of piperidine rings is 1. The Morgan fingerprint density at radius 1 is 0.729 bits per heavy atom. The number of ether oxygens (including phenoxy) is 4. The average Bonchev–Trinajstić information content (AvgIpc) is 3.29. The third-order valence-electron chi connectivity index (χ3n) is 13.5. The molecule has 6 heterocycles. The molecular weight excluding hydrogens is 957 g/mol. The van der Waals surface area contributed by atoms with Crippen LogP contribution in [0.2, 0.25) is 10.0 Å². The molecule has 1 N–H and O–H groups in total. The summed E-state index contributed by atoms with van der Waals surface area (Å²) in [7, 11) is 4.23. The molecule has 0 saturated carbocycles. The number of rotatable bonds is 3. The Bertz CT molecular complexity index is 3250. The number of piperazine rings is 1. The molecule has 1 amide bonds. The first kappa shape index (κ1) is 48.7. The van der Waals surface area contributed by atoms with Crippen LogP contribution in [-0.2, 0) is 18.8 Å². The highest BCUT2D eigenvalue weighted by Gasteiger charge is 2.43. The van der Waals surface area contributed by atoms with Crippen molar-refractivity contribution in [2.45, 2.75) is 71.2 Å². The van der Waals surface area contributed by atoms with Crippen LogP contribution in [0.1, 0.15) is 47.5 Å². The van der Waals surface area contributed by atoms with Crippen LogP contribution >= 0.6 is 23.2 Å². The number of pyridine rings is 2. The monoisotopic (exact) mass is 1010 g/mol. The SMILES string of the molecule is COc1cccc(F)c1-c1c(Cl)cc2c3c(c(=O)n(C)c2c1F)OC[C@H]1CN(C(=O)OC(C)(C)C)[C@H](C)CN31.C[C@H]1CC[C@@H]2COc3c(c4cc(Cl)c(-c5c(O)cccc5F)c(F)c4n(C)c3=O)N2C1. The predicted octanol–water partition coefficient (Wildman–Crippen LogP) is 10.2. The summed E-state index contributed by atoms with van der Waals surface area (Å²) in [5.41, 5.74) is -1.73. The molecule has 4 aromatic carbocycles. The van der Waals surface area contributed by atoms with Crippen LogP contribution in [0.25, 0.3) is 44.1 Å². The van der Waals surface area contributed by atoms with Gasteiger partial charge in [-0.05, 0) is 82.9 Å². The van der Waals surface area contributed by atoms with Gasteiger partial charge in [-0.15, -0.1) is 0 Å². The van der Waals surface area contributed by atoms with Gasteiger partial charge in [-0.25, -0.2) is 22.4 Å². The molecule has 70 heavy (non-hydrogen) atoms. The highest BCUT2D eigenvalue weighted by molar-refractivity contribution is 6.35. The zero-order valence-electron chi connectivity index (χ0n) is 39.7. The number of carbonyl (C=O) groups is 1. The molecule has 0 unspecified atom stereocenters. The number of carbonyl (C=O) groups excluding carboxylic acids is 1. The summed E-state index contributed by atoms with van der Waals surface area (Å²) in [6.07, 6.45) is 1.52. The number of aromatic hydroxyl groups is 1. The molecule has 0 radical (unpaired) electrons. The van der Waals surface area contributed by atoms with Gasteiger partial charge in [0.1, 0.15) is 41.9 Å². The van der Waals surface area contributed by atoms with Crippen molar-refractivity contribution in [3.8, 4) is 45.3 Å². The van der Waals surface area contributed by atoms with Crippen LogP contribution in [0.3, 0.4) is 0 Å². The summed E-state index contributed by atoms with van der Waals surface area (Å²) in [5, 5.41) is 10.9. The van der Waals surface area contributed by atoms with E-state index in [-0.39, 0.29) is 91.9 Å². The Kier molecular flexibility index (Phi) is 12.6. The lowest BCUT2D eigenvalue weighted by Crippen LogP contribution is -2.62. The van der Waals surface area contributed by atoms with E-state index in [0.29, 0.717) is 41.2 Å². The molecule has 4 atom stereocenters. The first-order chi connectivity index (χ1) is 33.1. The van der Waals surface area contributed by atoms with Gasteiger partial charge in [0, 0.05) is 61.7 Å². The van der Waals surface area contributed by atoms with Crippen molar-refractivity contribution in [2.24, 2.45) is 20.0 Å². The van der Waals surface area contributed by atoms with Crippen molar-refractivity contribution in [3.05, 3.63) is 103 Å². The Labute approximate surface area is 410 Å². The van der Waals surface area contributed by atoms with E-state index < -0.39 is 51.8 Å². The minimum atomic E-state index is -0.863. The molecule has 10 rings (SSSR count). The summed E-state index contributed by atoms with van der Waals surface area (Å²) < 4.78 is 86.7. The predicted molar refractivity (Wildman–Crippen MR) is 261 cm³/mol. The van der Waals surface area contributed by atoms with Crippen molar-refractivity contribution in [1.29, 1.82) is 0 Å². The molecule has 2 aromatic heterocycles. The number of nitrogens with zero attached hydrogens (tertiary/aromatic N) is 5. The van der Waals surface area contributed by atoms with Gasteiger partial charge in [-0.1, -0.05) is 42.3 Å². The molecule has 6 aromatic rings. The number of amides is 1. The summed E-state index contributed by atoms with van der Waals surface area (Å²) in [5.74, 6) is -2.91. The largest absolute Gasteiger partial charge is 0.507 e. The Hall–Kier alpha value is -6.33. The fraction of sp³-hybridized carbons (Fsp3) is 0.392. The van der Waals surface area contributed by atoms with Gasteiger partial charge in [-0.3, -0.25) is 9.59 Å². The lowest BCUT2D eigenvalue weighted by molar-refractivity contribution is 0.00991. The number of phenols is 1. The maximum absolute atomic E-state index is 16.4. The summed E-state index contributed by atoms with van der Waals surface area (Å²) in [6.45, 7) is 11.3. The van der Waals surface area contributed by atoms with E-state index >= 15 is 8.78 Å². The topological polar surface area (TPSA) is 128 Å². The normalized spacial score (nSPS) is 19.5. The number of halogens is 6. The minimum Gasteiger partial charge on any atom is -0.507 e. The van der Waals surface area contributed by atoms with Gasteiger partial charge in [0.05, 0.1) is 62.8 Å². The number of benzene rings is 4. The van der Waals surface area contributed by atoms with Gasteiger partial charge in [0.15, 0.2) is 11.6 Å². The van der Waals surface area contributed by atoms with E-state index in [4.69, 9.17) is 42.1 Å². The van der Waals surface area contributed by atoms with Crippen LogP contribution in [0.4, 0.5) is 33.7 Å². The van der Waals surface area contributed by atoms with Crippen molar-refractivity contribution >= 4 is 62.5 Å². The zero-order chi connectivity index (χ0) is 50.4. The summed E-state index contributed by atoms with van der Waals surface area (Å²) >= 11 is 13.1. The molecule has 4 aliphatic heterocycles. The Morgan fingerprint density at radius 2 is 1.24 bits per heavy atom.